The summed E-state index contributed by atoms with van der Waals surface area (Å²) in [6.07, 6.45) is -4.42. The topological polar surface area (TPSA) is 49.7 Å². The van der Waals surface area contributed by atoms with E-state index in [9.17, 15) is 22.9 Å². The maximum absolute atomic E-state index is 12.6. The SMILES string of the molecule is O=Nc1ccc2c(c1)C(=O)N(c1ccc(C(F)(F)F)cc1)C2. The van der Waals surface area contributed by atoms with Crippen molar-refractivity contribution < 1.29 is 18.0 Å². The van der Waals surface area contributed by atoms with Crippen LogP contribution in [0.1, 0.15) is 21.5 Å². The standard InChI is InChI=1S/C15H9F3N2O2/c16-15(17,18)10-2-5-12(6-3-10)20-8-9-1-4-11(19-22)7-13(9)14(20)21/h1-7H,8H2. The van der Waals surface area contributed by atoms with E-state index < -0.39 is 11.7 Å². The van der Waals surface area contributed by atoms with Crippen LogP contribution in [-0.4, -0.2) is 5.91 Å². The van der Waals surface area contributed by atoms with E-state index in [0.717, 1.165) is 12.1 Å². The predicted octanol–water partition coefficient (Wildman–Crippen LogP) is 4.26. The van der Waals surface area contributed by atoms with Crippen molar-refractivity contribution >= 4 is 17.3 Å². The summed E-state index contributed by atoms with van der Waals surface area (Å²) in [7, 11) is 0. The number of carbonyl (C=O) groups excluding carboxylic acids is 1. The van der Waals surface area contributed by atoms with Gasteiger partial charge in [0.15, 0.2) is 0 Å². The monoisotopic (exact) mass is 306 g/mol. The van der Waals surface area contributed by atoms with Crippen LogP contribution >= 0.6 is 0 Å². The first kappa shape index (κ1) is 14.2. The third-order valence-electron chi connectivity index (χ3n) is 3.51. The second kappa shape index (κ2) is 4.94. The lowest BCUT2D eigenvalue weighted by Gasteiger charge is -2.16. The molecule has 0 fully saturated rings. The van der Waals surface area contributed by atoms with Gasteiger partial charge in [0.1, 0.15) is 5.69 Å². The number of benzene rings is 2. The number of hydrogen-bond acceptors (Lipinski definition) is 3. The van der Waals surface area contributed by atoms with Crippen LogP contribution in [0.15, 0.2) is 47.6 Å². The summed E-state index contributed by atoms with van der Waals surface area (Å²) >= 11 is 0. The number of nitrogens with zero attached hydrogens (tertiary/aromatic N) is 2. The fraction of sp³-hybridized carbons (Fsp3) is 0.133. The molecule has 1 aliphatic heterocycles. The Labute approximate surface area is 123 Å². The molecule has 1 heterocycles. The Bertz CT molecular complexity index is 754. The molecule has 0 spiro atoms. The normalized spacial score (nSPS) is 14.1. The number of fused-ring (bicyclic) bond motifs is 1. The average molecular weight is 306 g/mol. The van der Waals surface area contributed by atoms with Crippen LogP contribution in [0.5, 0.6) is 0 Å². The average Bonchev–Trinajstić information content (AvgIpc) is 2.83. The van der Waals surface area contributed by atoms with Crippen LogP contribution in [0, 0.1) is 4.91 Å². The largest absolute Gasteiger partial charge is 0.416 e. The summed E-state index contributed by atoms with van der Waals surface area (Å²) < 4.78 is 37.7. The molecule has 2 aromatic rings. The lowest BCUT2D eigenvalue weighted by Crippen LogP contribution is -2.23. The maximum Gasteiger partial charge on any atom is 0.416 e. The van der Waals surface area contributed by atoms with Crippen molar-refractivity contribution in [2.75, 3.05) is 4.90 Å². The summed E-state index contributed by atoms with van der Waals surface area (Å²) in [5.74, 6) is -0.361. The molecule has 0 bridgehead atoms. The summed E-state index contributed by atoms with van der Waals surface area (Å²) in [5, 5.41) is 2.77. The molecule has 112 valence electrons. The molecule has 0 unspecified atom stereocenters. The van der Waals surface area contributed by atoms with Gasteiger partial charge in [0.05, 0.1) is 12.1 Å². The van der Waals surface area contributed by atoms with Gasteiger partial charge in [-0.15, -0.1) is 4.91 Å². The van der Waals surface area contributed by atoms with Gasteiger partial charge in [0.2, 0.25) is 0 Å². The Morgan fingerprint density at radius 2 is 1.73 bits per heavy atom. The molecular formula is C15H9F3N2O2. The van der Waals surface area contributed by atoms with E-state index in [4.69, 9.17) is 0 Å². The van der Waals surface area contributed by atoms with Crippen LogP contribution in [0.3, 0.4) is 0 Å². The molecule has 0 saturated carbocycles. The van der Waals surface area contributed by atoms with E-state index in [2.05, 4.69) is 5.18 Å². The number of amides is 1. The van der Waals surface area contributed by atoms with Crippen molar-refractivity contribution in [3.63, 3.8) is 0 Å². The highest BCUT2D eigenvalue weighted by Gasteiger charge is 2.32. The zero-order valence-corrected chi connectivity index (χ0v) is 11.1. The first-order valence-electron chi connectivity index (χ1n) is 6.35. The van der Waals surface area contributed by atoms with E-state index in [1.807, 2.05) is 0 Å². The fourth-order valence-corrected chi connectivity index (χ4v) is 2.38. The number of rotatable bonds is 2. The van der Waals surface area contributed by atoms with Crippen LogP contribution in [0.25, 0.3) is 0 Å². The minimum Gasteiger partial charge on any atom is -0.304 e. The van der Waals surface area contributed by atoms with Crippen molar-refractivity contribution in [3.8, 4) is 0 Å². The van der Waals surface area contributed by atoms with Gasteiger partial charge in [0, 0.05) is 11.3 Å². The van der Waals surface area contributed by atoms with Gasteiger partial charge in [0.25, 0.3) is 5.91 Å². The van der Waals surface area contributed by atoms with Gasteiger partial charge in [-0.1, -0.05) is 6.07 Å². The Morgan fingerprint density at radius 3 is 2.32 bits per heavy atom. The molecule has 22 heavy (non-hydrogen) atoms. The third kappa shape index (κ3) is 2.34. The highest BCUT2D eigenvalue weighted by Crippen LogP contribution is 2.34. The summed E-state index contributed by atoms with van der Waals surface area (Å²) in [4.78, 5) is 24.2. The number of alkyl halides is 3. The number of anilines is 1. The van der Waals surface area contributed by atoms with Gasteiger partial charge >= 0.3 is 6.18 Å². The molecule has 4 nitrogen and oxygen atoms in total. The van der Waals surface area contributed by atoms with E-state index in [1.54, 1.807) is 6.07 Å². The molecule has 0 aliphatic carbocycles. The Balaban J connectivity index is 1.91. The number of halogens is 3. The molecule has 2 aromatic carbocycles. The lowest BCUT2D eigenvalue weighted by molar-refractivity contribution is -0.137. The van der Waals surface area contributed by atoms with Crippen molar-refractivity contribution in [2.45, 2.75) is 12.7 Å². The molecule has 0 atom stereocenters. The van der Waals surface area contributed by atoms with E-state index in [1.165, 1.54) is 29.2 Å². The van der Waals surface area contributed by atoms with Crippen molar-refractivity contribution in [2.24, 2.45) is 5.18 Å². The predicted molar refractivity (Wildman–Crippen MR) is 73.9 cm³/mol. The summed E-state index contributed by atoms with van der Waals surface area (Å²) in [5.41, 5.74) is 0.790. The quantitative estimate of drug-likeness (QED) is 0.778. The van der Waals surface area contributed by atoms with Crippen LogP contribution < -0.4 is 4.90 Å². The first-order chi connectivity index (χ1) is 10.4. The Kier molecular flexibility index (Phi) is 3.20. The second-order valence-electron chi connectivity index (χ2n) is 4.87. The smallest absolute Gasteiger partial charge is 0.304 e. The maximum atomic E-state index is 12.6. The van der Waals surface area contributed by atoms with E-state index in [0.29, 0.717) is 16.8 Å². The van der Waals surface area contributed by atoms with Gasteiger partial charge in [-0.3, -0.25) is 4.79 Å². The molecule has 3 rings (SSSR count). The van der Waals surface area contributed by atoms with Crippen molar-refractivity contribution in [1.29, 1.82) is 0 Å². The second-order valence-corrected chi connectivity index (χ2v) is 4.87. The minimum atomic E-state index is -4.42. The summed E-state index contributed by atoms with van der Waals surface area (Å²) in [6, 6.07) is 8.88. The highest BCUT2D eigenvalue weighted by molar-refractivity contribution is 6.10. The molecule has 0 aromatic heterocycles. The van der Waals surface area contributed by atoms with Gasteiger partial charge in [-0.2, -0.15) is 13.2 Å². The van der Waals surface area contributed by atoms with Crippen molar-refractivity contribution in [3.05, 3.63) is 64.1 Å². The van der Waals surface area contributed by atoms with Crippen LogP contribution in [0.2, 0.25) is 0 Å². The molecule has 1 amide bonds. The van der Waals surface area contributed by atoms with E-state index in [-0.39, 0.29) is 18.1 Å². The first-order valence-corrected chi connectivity index (χ1v) is 6.35. The van der Waals surface area contributed by atoms with Crippen molar-refractivity contribution in [1.82, 2.24) is 0 Å². The van der Waals surface area contributed by atoms with E-state index >= 15 is 0 Å². The molecule has 7 heteroatoms. The lowest BCUT2D eigenvalue weighted by atomic mass is 10.1. The fourth-order valence-electron chi connectivity index (χ4n) is 2.38. The summed E-state index contributed by atoms with van der Waals surface area (Å²) in [6.45, 7) is 0.249. The molecule has 0 saturated heterocycles. The molecule has 0 N–H and O–H groups in total. The number of carbonyl (C=O) groups is 1. The Morgan fingerprint density at radius 1 is 1.05 bits per heavy atom. The number of hydrogen-bond donors (Lipinski definition) is 0. The highest BCUT2D eigenvalue weighted by atomic mass is 19.4. The van der Waals surface area contributed by atoms with Gasteiger partial charge < -0.3 is 4.90 Å². The molecule has 1 aliphatic rings. The minimum absolute atomic E-state index is 0.140. The van der Waals surface area contributed by atoms with Gasteiger partial charge in [-0.05, 0) is 47.1 Å². The molecular weight excluding hydrogens is 297 g/mol. The number of nitroso groups, excluding NO2 is 1. The third-order valence-corrected chi connectivity index (χ3v) is 3.51. The Hall–Kier alpha value is -2.70. The van der Waals surface area contributed by atoms with Crippen LogP contribution in [0.4, 0.5) is 24.5 Å². The van der Waals surface area contributed by atoms with Crippen LogP contribution in [-0.2, 0) is 12.7 Å². The zero-order chi connectivity index (χ0) is 15.9. The van der Waals surface area contributed by atoms with Gasteiger partial charge in [-0.25, -0.2) is 0 Å². The zero-order valence-electron chi connectivity index (χ0n) is 11.1. The molecule has 0 radical (unpaired) electrons.